The minimum absolute atomic E-state index is 0.00504. The summed E-state index contributed by atoms with van der Waals surface area (Å²) in [6.45, 7) is 1.33. The molecule has 4 nitrogen and oxygen atoms in total. The minimum Gasteiger partial charge on any atom is -0.486 e. The summed E-state index contributed by atoms with van der Waals surface area (Å²) in [5, 5.41) is 2.42. The molecule has 0 unspecified atom stereocenters. The van der Waals surface area contributed by atoms with Crippen LogP contribution in [-0.4, -0.2) is 18.3 Å². The molecule has 0 aromatic heterocycles. The monoisotopic (exact) mass is 345 g/mol. The Kier molecular flexibility index (Phi) is 4.05. The number of nitrogens with one attached hydrogen (secondary N) is 1. The Labute approximate surface area is 147 Å². The molecule has 0 saturated heterocycles. The van der Waals surface area contributed by atoms with Crippen LogP contribution >= 0.6 is 0 Å². The van der Waals surface area contributed by atoms with Crippen LogP contribution in [0.15, 0.2) is 18.2 Å². The zero-order valence-corrected chi connectivity index (χ0v) is 14.5. The van der Waals surface area contributed by atoms with Gasteiger partial charge >= 0.3 is 0 Å². The standard InChI is InChI=1S/C20H24FNO3/c1-12(23)22-18-3-2-16(7-17(18)21)25-11-19(24)20-8-13-4-14(9-20)6-15(5-13)10-20/h2-3,7,13-15H,4-6,8-11H2,1H3,(H,22,23). The van der Waals surface area contributed by atoms with Gasteiger partial charge in [-0.05, 0) is 68.4 Å². The number of carbonyl (C=O) groups is 2. The predicted molar refractivity (Wildman–Crippen MR) is 91.8 cm³/mol. The van der Waals surface area contributed by atoms with E-state index in [-0.39, 0.29) is 29.4 Å². The first-order valence-corrected chi connectivity index (χ1v) is 9.17. The fraction of sp³-hybridized carbons (Fsp3) is 0.600. The van der Waals surface area contributed by atoms with Crippen molar-refractivity contribution in [2.75, 3.05) is 11.9 Å². The molecule has 25 heavy (non-hydrogen) atoms. The van der Waals surface area contributed by atoms with E-state index >= 15 is 0 Å². The van der Waals surface area contributed by atoms with E-state index in [0.717, 1.165) is 19.3 Å². The molecule has 134 valence electrons. The lowest BCUT2D eigenvalue weighted by Crippen LogP contribution is -2.51. The molecule has 1 N–H and O–H groups in total. The Balaban J connectivity index is 1.41. The van der Waals surface area contributed by atoms with Gasteiger partial charge in [0, 0.05) is 18.4 Å². The second-order valence-electron chi connectivity index (χ2n) is 8.23. The van der Waals surface area contributed by atoms with Crippen molar-refractivity contribution in [3.05, 3.63) is 24.0 Å². The SMILES string of the molecule is CC(=O)Nc1ccc(OCC(=O)C23CC4CC(CC(C4)C2)C3)cc1F. The maximum Gasteiger partial charge on any atom is 0.221 e. The van der Waals surface area contributed by atoms with Crippen LogP contribution in [0.5, 0.6) is 5.75 Å². The summed E-state index contributed by atoms with van der Waals surface area (Å²) in [7, 11) is 0. The number of carbonyl (C=O) groups excluding carboxylic acids is 2. The Morgan fingerprint density at radius 3 is 2.28 bits per heavy atom. The Hall–Kier alpha value is -1.91. The minimum atomic E-state index is -0.560. The summed E-state index contributed by atoms with van der Waals surface area (Å²) in [5.41, 5.74) is -0.0732. The largest absolute Gasteiger partial charge is 0.486 e. The number of benzene rings is 1. The molecule has 1 amide bonds. The number of halogens is 1. The van der Waals surface area contributed by atoms with Crippen molar-refractivity contribution in [3.8, 4) is 5.75 Å². The molecular weight excluding hydrogens is 321 g/mol. The van der Waals surface area contributed by atoms with Gasteiger partial charge in [0.2, 0.25) is 5.91 Å². The van der Waals surface area contributed by atoms with Crippen molar-refractivity contribution >= 4 is 17.4 Å². The second kappa shape index (κ2) is 6.11. The first-order valence-electron chi connectivity index (χ1n) is 9.17. The molecular formula is C20H24FNO3. The topological polar surface area (TPSA) is 55.4 Å². The van der Waals surface area contributed by atoms with Gasteiger partial charge in [-0.3, -0.25) is 9.59 Å². The van der Waals surface area contributed by atoms with Gasteiger partial charge in [0.05, 0.1) is 5.69 Å². The number of amides is 1. The lowest BCUT2D eigenvalue weighted by Gasteiger charge is -2.55. The van der Waals surface area contributed by atoms with Crippen molar-refractivity contribution in [1.82, 2.24) is 0 Å². The van der Waals surface area contributed by atoms with Gasteiger partial charge in [0.15, 0.2) is 5.78 Å². The van der Waals surface area contributed by atoms with Gasteiger partial charge < -0.3 is 10.1 Å². The van der Waals surface area contributed by atoms with Gasteiger partial charge in [-0.2, -0.15) is 0 Å². The maximum atomic E-state index is 14.0. The number of anilines is 1. The van der Waals surface area contributed by atoms with Gasteiger partial charge in [0.25, 0.3) is 0 Å². The third-order valence-corrected chi connectivity index (χ3v) is 6.25. The molecule has 4 saturated carbocycles. The first-order chi connectivity index (χ1) is 11.9. The second-order valence-corrected chi connectivity index (χ2v) is 8.23. The molecule has 0 radical (unpaired) electrons. The highest BCUT2D eigenvalue weighted by atomic mass is 19.1. The van der Waals surface area contributed by atoms with E-state index in [1.54, 1.807) is 6.07 Å². The number of hydrogen-bond donors (Lipinski definition) is 1. The number of ketones is 1. The van der Waals surface area contributed by atoms with E-state index in [0.29, 0.717) is 23.5 Å². The van der Waals surface area contributed by atoms with E-state index < -0.39 is 5.82 Å². The first kappa shape index (κ1) is 16.6. The fourth-order valence-electron chi connectivity index (χ4n) is 5.63. The number of hydrogen-bond acceptors (Lipinski definition) is 3. The smallest absolute Gasteiger partial charge is 0.221 e. The van der Waals surface area contributed by atoms with Crippen LogP contribution in [0.25, 0.3) is 0 Å². The van der Waals surface area contributed by atoms with Crippen LogP contribution in [0.2, 0.25) is 0 Å². The highest BCUT2D eigenvalue weighted by Crippen LogP contribution is 2.60. The molecule has 0 heterocycles. The summed E-state index contributed by atoms with van der Waals surface area (Å²) in [4.78, 5) is 23.9. The molecule has 0 spiro atoms. The fourth-order valence-corrected chi connectivity index (χ4v) is 5.63. The van der Waals surface area contributed by atoms with Crippen LogP contribution < -0.4 is 10.1 Å². The Bertz CT molecular complexity index is 680. The van der Waals surface area contributed by atoms with E-state index in [1.165, 1.54) is 38.3 Å². The van der Waals surface area contributed by atoms with Crippen molar-refractivity contribution in [1.29, 1.82) is 0 Å². The normalized spacial score (nSPS) is 32.5. The quantitative estimate of drug-likeness (QED) is 0.879. The van der Waals surface area contributed by atoms with Crippen molar-refractivity contribution in [2.45, 2.75) is 45.4 Å². The maximum absolute atomic E-state index is 14.0. The molecule has 4 aliphatic rings. The van der Waals surface area contributed by atoms with Crippen molar-refractivity contribution < 1.29 is 18.7 Å². The van der Waals surface area contributed by atoms with Crippen LogP contribution in [0.4, 0.5) is 10.1 Å². The number of ether oxygens (including phenoxy) is 1. The highest BCUT2D eigenvalue weighted by Gasteiger charge is 2.54. The van der Waals surface area contributed by atoms with E-state index in [1.807, 2.05) is 0 Å². The zero-order valence-electron chi connectivity index (χ0n) is 14.5. The summed E-state index contributed by atoms with van der Waals surface area (Å²) >= 11 is 0. The summed E-state index contributed by atoms with van der Waals surface area (Å²) in [6.07, 6.45) is 6.92. The Morgan fingerprint density at radius 2 is 1.76 bits per heavy atom. The van der Waals surface area contributed by atoms with Crippen LogP contribution in [0.1, 0.15) is 45.4 Å². The zero-order chi connectivity index (χ0) is 17.6. The number of Topliss-reactive ketones (excluding diaryl/α,β-unsaturated/α-hetero) is 1. The molecule has 4 aliphatic carbocycles. The summed E-state index contributed by atoms with van der Waals surface area (Å²) in [6, 6.07) is 4.26. The van der Waals surface area contributed by atoms with Gasteiger partial charge in [-0.25, -0.2) is 4.39 Å². The predicted octanol–water partition coefficient (Wildman–Crippen LogP) is 3.95. The lowest BCUT2D eigenvalue weighted by molar-refractivity contribution is -0.146. The van der Waals surface area contributed by atoms with Crippen LogP contribution in [0.3, 0.4) is 0 Å². The molecule has 1 aromatic rings. The molecule has 0 aliphatic heterocycles. The lowest BCUT2D eigenvalue weighted by atomic mass is 9.48. The third kappa shape index (κ3) is 3.16. The van der Waals surface area contributed by atoms with Crippen molar-refractivity contribution in [3.63, 3.8) is 0 Å². The third-order valence-electron chi connectivity index (χ3n) is 6.25. The van der Waals surface area contributed by atoms with E-state index in [2.05, 4.69) is 5.32 Å². The van der Waals surface area contributed by atoms with Crippen molar-refractivity contribution in [2.24, 2.45) is 23.2 Å². The molecule has 1 aromatic carbocycles. The summed E-state index contributed by atoms with van der Waals surface area (Å²) < 4.78 is 19.6. The molecule has 4 bridgehead atoms. The average Bonchev–Trinajstić information content (AvgIpc) is 2.53. The Morgan fingerprint density at radius 1 is 1.16 bits per heavy atom. The van der Waals surface area contributed by atoms with E-state index in [4.69, 9.17) is 4.74 Å². The molecule has 0 atom stereocenters. The molecule has 4 fully saturated rings. The van der Waals surface area contributed by atoms with E-state index in [9.17, 15) is 14.0 Å². The van der Waals surface area contributed by atoms with Gasteiger partial charge in [0.1, 0.15) is 18.2 Å². The highest BCUT2D eigenvalue weighted by molar-refractivity contribution is 5.89. The molecule has 5 rings (SSSR count). The van der Waals surface area contributed by atoms with Gasteiger partial charge in [-0.1, -0.05) is 0 Å². The van der Waals surface area contributed by atoms with Crippen LogP contribution in [0, 0.1) is 29.0 Å². The van der Waals surface area contributed by atoms with Crippen LogP contribution in [-0.2, 0) is 9.59 Å². The van der Waals surface area contributed by atoms with Gasteiger partial charge in [-0.15, -0.1) is 0 Å². The molecule has 5 heteroatoms. The average molecular weight is 345 g/mol. The summed E-state index contributed by atoms with van der Waals surface area (Å²) in [5.74, 6) is 1.75. The number of rotatable bonds is 5.